The quantitative estimate of drug-likeness (QED) is 0.630. The van der Waals surface area contributed by atoms with Gasteiger partial charge in [0.15, 0.2) is 0 Å². The molecule has 0 saturated carbocycles. The van der Waals surface area contributed by atoms with Gasteiger partial charge in [0, 0.05) is 17.4 Å². The van der Waals surface area contributed by atoms with Gasteiger partial charge in [-0.1, -0.05) is 35.9 Å². The van der Waals surface area contributed by atoms with Crippen LogP contribution in [0.4, 0.5) is 0 Å². The Morgan fingerprint density at radius 1 is 1.12 bits per heavy atom. The van der Waals surface area contributed by atoms with E-state index < -0.39 is 0 Å². The van der Waals surface area contributed by atoms with Crippen molar-refractivity contribution in [3.8, 4) is 0 Å². The molecule has 0 N–H and O–H groups in total. The topological polar surface area (TPSA) is 13.1 Å². The van der Waals surface area contributed by atoms with Gasteiger partial charge in [-0.3, -0.25) is 0 Å². The first-order valence-electron chi connectivity index (χ1n) is 5.60. The van der Waals surface area contributed by atoms with Gasteiger partial charge in [-0.2, -0.15) is 0 Å². The highest BCUT2D eigenvalue weighted by Crippen LogP contribution is 2.32. The SMILES string of the molecule is CC(C)=C1C=Cc2c(oc3ccccc23)C1. The van der Waals surface area contributed by atoms with E-state index in [2.05, 4.69) is 38.1 Å². The number of fused-ring (bicyclic) bond motifs is 3. The average Bonchev–Trinajstić information content (AvgIpc) is 2.66. The molecule has 0 atom stereocenters. The van der Waals surface area contributed by atoms with E-state index in [0.717, 1.165) is 17.8 Å². The molecule has 0 bridgehead atoms. The van der Waals surface area contributed by atoms with Crippen LogP contribution >= 0.6 is 0 Å². The Morgan fingerprint density at radius 2 is 1.94 bits per heavy atom. The van der Waals surface area contributed by atoms with Crippen LogP contribution in [0.2, 0.25) is 0 Å². The second-order valence-corrected chi connectivity index (χ2v) is 4.47. The zero-order valence-corrected chi connectivity index (χ0v) is 9.58. The lowest BCUT2D eigenvalue weighted by Crippen LogP contribution is -1.95. The van der Waals surface area contributed by atoms with Crippen LogP contribution in [0.3, 0.4) is 0 Å². The Kier molecular flexibility index (Phi) is 2.00. The molecule has 1 heteroatoms. The molecule has 1 nitrogen and oxygen atoms in total. The Bertz CT molecular complexity index is 607. The summed E-state index contributed by atoms with van der Waals surface area (Å²) < 4.78 is 5.89. The predicted molar refractivity (Wildman–Crippen MR) is 67.3 cm³/mol. The molecule has 16 heavy (non-hydrogen) atoms. The van der Waals surface area contributed by atoms with Gasteiger partial charge >= 0.3 is 0 Å². The third-order valence-corrected chi connectivity index (χ3v) is 3.16. The molecule has 80 valence electrons. The maximum absolute atomic E-state index is 5.89. The predicted octanol–water partition coefficient (Wildman–Crippen LogP) is 4.34. The molecular formula is C15H14O. The summed E-state index contributed by atoms with van der Waals surface area (Å²) in [6, 6.07) is 8.23. The smallest absolute Gasteiger partial charge is 0.134 e. The molecule has 0 saturated heterocycles. The monoisotopic (exact) mass is 210 g/mol. The molecule has 1 aromatic heterocycles. The van der Waals surface area contributed by atoms with E-state index in [1.807, 2.05) is 12.1 Å². The summed E-state index contributed by atoms with van der Waals surface area (Å²) in [6.07, 6.45) is 5.30. The van der Waals surface area contributed by atoms with E-state index in [1.165, 1.54) is 22.1 Å². The van der Waals surface area contributed by atoms with Crippen LogP contribution in [0, 0.1) is 0 Å². The molecule has 1 heterocycles. The first-order chi connectivity index (χ1) is 7.75. The van der Waals surface area contributed by atoms with Crippen LogP contribution in [0.1, 0.15) is 25.2 Å². The summed E-state index contributed by atoms with van der Waals surface area (Å²) in [7, 11) is 0. The third-order valence-electron chi connectivity index (χ3n) is 3.16. The molecule has 2 aromatic rings. The Hall–Kier alpha value is -1.76. The Morgan fingerprint density at radius 3 is 2.75 bits per heavy atom. The second-order valence-electron chi connectivity index (χ2n) is 4.47. The fourth-order valence-corrected chi connectivity index (χ4v) is 2.19. The summed E-state index contributed by atoms with van der Waals surface area (Å²) in [6.45, 7) is 4.29. The standard InChI is InChI=1S/C15H14O/c1-10(2)11-7-8-13-12-5-3-4-6-14(12)16-15(13)9-11/h3-8H,9H2,1-2H3. The highest BCUT2D eigenvalue weighted by atomic mass is 16.3. The molecule has 1 aliphatic rings. The van der Waals surface area contributed by atoms with Gasteiger partial charge in [-0.05, 0) is 25.5 Å². The summed E-state index contributed by atoms with van der Waals surface area (Å²) in [5, 5.41) is 1.22. The number of hydrogen-bond acceptors (Lipinski definition) is 1. The van der Waals surface area contributed by atoms with E-state index in [-0.39, 0.29) is 0 Å². The number of hydrogen-bond donors (Lipinski definition) is 0. The van der Waals surface area contributed by atoms with E-state index >= 15 is 0 Å². The number of benzene rings is 1. The van der Waals surface area contributed by atoms with Crippen molar-refractivity contribution in [2.45, 2.75) is 20.3 Å². The van der Waals surface area contributed by atoms with Gasteiger partial charge in [-0.15, -0.1) is 0 Å². The lowest BCUT2D eigenvalue weighted by Gasteiger charge is -2.09. The van der Waals surface area contributed by atoms with Crippen LogP contribution < -0.4 is 0 Å². The molecule has 1 aromatic carbocycles. The van der Waals surface area contributed by atoms with E-state index in [0.29, 0.717) is 0 Å². The summed E-state index contributed by atoms with van der Waals surface area (Å²) in [5.74, 6) is 1.10. The van der Waals surface area contributed by atoms with E-state index in [1.54, 1.807) is 0 Å². The van der Waals surface area contributed by atoms with Gasteiger partial charge in [0.2, 0.25) is 0 Å². The summed E-state index contributed by atoms with van der Waals surface area (Å²) >= 11 is 0. The van der Waals surface area contributed by atoms with Gasteiger partial charge in [0.25, 0.3) is 0 Å². The molecule has 1 aliphatic carbocycles. The maximum Gasteiger partial charge on any atom is 0.134 e. The Balaban J connectivity index is 2.23. The largest absolute Gasteiger partial charge is 0.460 e. The highest BCUT2D eigenvalue weighted by Gasteiger charge is 2.16. The molecule has 0 amide bonds. The van der Waals surface area contributed by atoms with Crippen molar-refractivity contribution < 1.29 is 4.42 Å². The van der Waals surface area contributed by atoms with Gasteiger partial charge in [0.05, 0.1) is 0 Å². The van der Waals surface area contributed by atoms with Gasteiger partial charge in [0.1, 0.15) is 11.3 Å². The van der Waals surface area contributed by atoms with E-state index in [4.69, 9.17) is 4.42 Å². The molecule has 0 fully saturated rings. The lowest BCUT2D eigenvalue weighted by atomic mass is 9.96. The number of furan rings is 1. The van der Waals surface area contributed by atoms with Crippen LogP contribution in [-0.4, -0.2) is 0 Å². The third kappa shape index (κ3) is 1.32. The number of rotatable bonds is 0. The Labute approximate surface area is 95.1 Å². The second kappa shape index (κ2) is 3.38. The zero-order valence-electron chi connectivity index (χ0n) is 9.58. The fourth-order valence-electron chi connectivity index (χ4n) is 2.19. The van der Waals surface area contributed by atoms with Crippen molar-refractivity contribution in [1.82, 2.24) is 0 Å². The van der Waals surface area contributed by atoms with E-state index in [9.17, 15) is 0 Å². The number of para-hydroxylation sites is 1. The fraction of sp³-hybridized carbons (Fsp3) is 0.200. The minimum Gasteiger partial charge on any atom is -0.460 e. The molecular weight excluding hydrogens is 196 g/mol. The van der Waals surface area contributed by atoms with Gasteiger partial charge in [-0.25, -0.2) is 0 Å². The molecule has 3 rings (SSSR count). The lowest BCUT2D eigenvalue weighted by molar-refractivity contribution is 0.559. The first-order valence-corrected chi connectivity index (χ1v) is 5.60. The van der Waals surface area contributed by atoms with Crippen LogP contribution in [0.25, 0.3) is 17.0 Å². The van der Waals surface area contributed by atoms with Crippen molar-refractivity contribution in [3.05, 3.63) is 52.8 Å². The highest BCUT2D eigenvalue weighted by molar-refractivity contribution is 5.89. The summed E-state index contributed by atoms with van der Waals surface area (Å²) in [5.41, 5.74) is 4.97. The average molecular weight is 210 g/mol. The minimum atomic E-state index is 0.919. The number of allylic oxidation sites excluding steroid dienone is 3. The van der Waals surface area contributed by atoms with Crippen LogP contribution in [0.15, 0.2) is 45.9 Å². The molecule has 0 radical (unpaired) electrons. The van der Waals surface area contributed by atoms with Crippen molar-refractivity contribution in [2.24, 2.45) is 0 Å². The minimum absolute atomic E-state index is 0.919. The normalized spacial score (nSPS) is 14.2. The van der Waals surface area contributed by atoms with Crippen LogP contribution in [0.5, 0.6) is 0 Å². The van der Waals surface area contributed by atoms with Gasteiger partial charge < -0.3 is 4.42 Å². The van der Waals surface area contributed by atoms with Crippen molar-refractivity contribution in [2.75, 3.05) is 0 Å². The molecule has 0 aliphatic heterocycles. The molecule has 0 spiro atoms. The molecule has 0 unspecified atom stereocenters. The van der Waals surface area contributed by atoms with Crippen molar-refractivity contribution in [1.29, 1.82) is 0 Å². The van der Waals surface area contributed by atoms with Crippen molar-refractivity contribution >= 4 is 17.0 Å². The zero-order chi connectivity index (χ0) is 11.1. The van der Waals surface area contributed by atoms with Crippen LogP contribution in [-0.2, 0) is 6.42 Å². The maximum atomic E-state index is 5.89. The summed E-state index contributed by atoms with van der Waals surface area (Å²) in [4.78, 5) is 0. The van der Waals surface area contributed by atoms with Crippen molar-refractivity contribution in [3.63, 3.8) is 0 Å². The first kappa shape index (κ1) is 9.46.